The van der Waals surface area contributed by atoms with Gasteiger partial charge in [-0.05, 0) is 24.3 Å². The third kappa shape index (κ3) is 4.18. The highest BCUT2D eigenvalue weighted by Crippen LogP contribution is 2.46. The van der Waals surface area contributed by atoms with Crippen molar-refractivity contribution in [3.05, 3.63) is 35.9 Å². The Hall–Kier alpha value is -1.48. The fraction of sp³-hybridized carbons (Fsp3) is 0.632. The maximum atomic E-state index is 12.6. The van der Waals surface area contributed by atoms with Gasteiger partial charge in [0.15, 0.2) is 0 Å². The van der Waals surface area contributed by atoms with E-state index in [1.165, 1.54) is 17.0 Å². The lowest BCUT2D eigenvalue weighted by Gasteiger charge is -2.30. The quantitative estimate of drug-likeness (QED) is 0.640. The third-order valence-corrected chi connectivity index (χ3v) is 7.77. The van der Waals surface area contributed by atoms with Gasteiger partial charge >= 0.3 is 5.97 Å². The molecule has 3 rings (SSSR count). The minimum Gasteiger partial charge on any atom is -0.468 e. The van der Waals surface area contributed by atoms with Crippen LogP contribution in [0.5, 0.6) is 0 Å². The lowest BCUT2D eigenvalue weighted by atomic mass is 9.76. The first-order chi connectivity index (χ1) is 12.8. The molecule has 150 valence electrons. The first-order valence-electron chi connectivity index (χ1n) is 9.27. The first-order valence-corrected chi connectivity index (χ1v) is 10.7. The predicted octanol–water partition coefficient (Wildman–Crippen LogP) is 0.832. The van der Waals surface area contributed by atoms with Gasteiger partial charge in [0.1, 0.15) is 0 Å². The van der Waals surface area contributed by atoms with Crippen LogP contribution in [0.25, 0.3) is 0 Å². The molecule has 0 N–H and O–H groups in total. The zero-order valence-corrected chi connectivity index (χ0v) is 17.1. The van der Waals surface area contributed by atoms with Crippen LogP contribution in [-0.2, 0) is 26.2 Å². The van der Waals surface area contributed by atoms with E-state index in [1.807, 2.05) is 18.2 Å². The van der Waals surface area contributed by atoms with Gasteiger partial charge in [-0.1, -0.05) is 30.3 Å². The molecule has 2 atom stereocenters. The number of likely N-dealkylation sites (tertiary alicyclic amines) is 1. The van der Waals surface area contributed by atoms with E-state index in [0.717, 1.165) is 25.9 Å². The Balaban J connectivity index is 1.78. The molecule has 27 heavy (non-hydrogen) atoms. The molecule has 2 aliphatic heterocycles. The molecule has 0 saturated carbocycles. The van der Waals surface area contributed by atoms with Gasteiger partial charge in [0.05, 0.1) is 13.7 Å². The Morgan fingerprint density at radius 1 is 1.22 bits per heavy atom. The molecule has 7 nitrogen and oxygen atoms in total. The Bertz CT molecular complexity index is 768. The summed E-state index contributed by atoms with van der Waals surface area (Å²) >= 11 is 0. The Labute approximate surface area is 162 Å². The molecule has 0 aromatic heterocycles. The van der Waals surface area contributed by atoms with E-state index in [4.69, 9.17) is 4.74 Å². The van der Waals surface area contributed by atoms with Crippen LogP contribution in [0.4, 0.5) is 0 Å². The Morgan fingerprint density at radius 3 is 2.56 bits per heavy atom. The molecule has 2 fully saturated rings. The van der Waals surface area contributed by atoms with E-state index >= 15 is 0 Å². The first kappa shape index (κ1) is 20.3. The molecule has 1 aromatic rings. The Kier molecular flexibility index (Phi) is 5.90. The van der Waals surface area contributed by atoms with Gasteiger partial charge in [-0.2, -0.15) is 17.0 Å². The van der Waals surface area contributed by atoms with E-state index in [0.29, 0.717) is 13.1 Å². The van der Waals surface area contributed by atoms with Gasteiger partial charge in [-0.3, -0.25) is 9.69 Å². The summed E-state index contributed by atoms with van der Waals surface area (Å²) in [5.74, 6) is -0.0217. The van der Waals surface area contributed by atoms with Crippen LogP contribution >= 0.6 is 0 Å². The number of rotatable bonds is 7. The maximum absolute atomic E-state index is 12.6. The van der Waals surface area contributed by atoms with Gasteiger partial charge in [0.2, 0.25) is 0 Å². The second-order valence-corrected chi connectivity index (χ2v) is 10.0. The summed E-state index contributed by atoms with van der Waals surface area (Å²) in [5.41, 5.74) is 1.12. The van der Waals surface area contributed by atoms with E-state index in [-0.39, 0.29) is 23.8 Å². The normalized spacial score (nSPS) is 26.4. The summed E-state index contributed by atoms with van der Waals surface area (Å²) in [7, 11) is 1.12. The second kappa shape index (κ2) is 7.87. The fourth-order valence-electron chi connectivity index (χ4n) is 4.41. The largest absolute Gasteiger partial charge is 0.468 e. The molecule has 2 saturated heterocycles. The van der Waals surface area contributed by atoms with Gasteiger partial charge in [-0.15, -0.1) is 0 Å². The lowest BCUT2D eigenvalue weighted by molar-refractivity contribution is -0.141. The van der Waals surface area contributed by atoms with Crippen molar-refractivity contribution in [1.82, 2.24) is 13.5 Å². The molecule has 0 unspecified atom stereocenters. The second-order valence-electron chi connectivity index (χ2n) is 7.87. The Morgan fingerprint density at radius 2 is 1.93 bits per heavy atom. The number of carbonyl (C=O) groups is 1. The van der Waals surface area contributed by atoms with E-state index in [1.54, 1.807) is 18.4 Å². The number of aryl methyl sites for hydroxylation is 1. The highest BCUT2D eigenvalue weighted by Gasteiger charge is 2.54. The number of carbonyl (C=O) groups excluding carboxylic acids is 1. The van der Waals surface area contributed by atoms with Crippen molar-refractivity contribution in [3.63, 3.8) is 0 Å². The number of methoxy groups -OCH3 is 1. The van der Waals surface area contributed by atoms with Crippen LogP contribution in [0.1, 0.15) is 12.0 Å². The topological polar surface area (TPSA) is 70.2 Å². The number of benzene rings is 1. The third-order valence-electron chi connectivity index (χ3n) is 5.92. The van der Waals surface area contributed by atoms with Crippen molar-refractivity contribution in [3.8, 4) is 0 Å². The number of hydrogen-bond acceptors (Lipinski definition) is 5. The number of esters is 1. The highest BCUT2D eigenvalue weighted by atomic mass is 32.2. The van der Waals surface area contributed by atoms with Crippen LogP contribution < -0.4 is 0 Å². The van der Waals surface area contributed by atoms with Crippen molar-refractivity contribution in [2.75, 3.05) is 53.9 Å². The number of hydrogen-bond donors (Lipinski definition) is 0. The number of fused-ring (bicyclic) bond motifs is 1. The average molecular weight is 396 g/mol. The molecule has 0 radical (unpaired) electrons. The van der Waals surface area contributed by atoms with Crippen molar-refractivity contribution >= 4 is 16.2 Å². The van der Waals surface area contributed by atoms with Crippen LogP contribution in [0.3, 0.4) is 0 Å². The van der Waals surface area contributed by atoms with E-state index < -0.39 is 10.2 Å². The van der Waals surface area contributed by atoms with Gasteiger partial charge in [0, 0.05) is 45.7 Å². The zero-order chi connectivity index (χ0) is 19.7. The standard InChI is InChI=1S/C19H29N3O4S/c1-20(2)27(24,25)22-12-17-11-21(13-18(23)26-3)14-19(17,15-22)10-9-16-7-5-4-6-8-16/h4-8,17H,9-15H2,1-3H3/t17-,19+/m0/s1. The zero-order valence-electron chi connectivity index (χ0n) is 16.3. The predicted molar refractivity (Wildman–Crippen MR) is 103 cm³/mol. The smallest absolute Gasteiger partial charge is 0.319 e. The van der Waals surface area contributed by atoms with Gasteiger partial charge in [-0.25, -0.2) is 0 Å². The minimum absolute atomic E-state index is 0.132. The van der Waals surface area contributed by atoms with Crippen molar-refractivity contribution in [1.29, 1.82) is 0 Å². The molecule has 1 aromatic carbocycles. The average Bonchev–Trinajstić information content (AvgIpc) is 3.14. The molecule has 8 heteroatoms. The minimum atomic E-state index is -3.43. The van der Waals surface area contributed by atoms with Crippen LogP contribution in [0.2, 0.25) is 0 Å². The fourth-order valence-corrected chi connectivity index (χ4v) is 5.66. The van der Waals surface area contributed by atoms with Gasteiger partial charge < -0.3 is 4.74 Å². The summed E-state index contributed by atoms with van der Waals surface area (Å²) in [6.07, 6.45) is 1.80. The summed E-state index contributed by atoms with van der Waals surface area (Å²) in [6, 6.07) is 10.3. The number of nitrogens with zero attached hydrogens (tertiary/aromatic N) is 3. The molecule has 2 aliphatic rings. The monoisotopic (exact) mass is 395 g/mol. The summed E-state index contributed by atoms with van der Waals surface area (Å²) in [5, 5.41) is 0. The van der Waals surface area contributed by atoms with E-state index in [2.05, 4.69) is 17.0 Å². The molecule has 2 heterocycles. The molecule has 0 amide bonds. The summed E-state index contributed by atoms with van der Waals surface area (Å²) < 4.78 is 33.0. The SMILES string of the molecule is COC(=O)CN1C[C@H]2CN(S(=O)(=O)N(C)C)C[C@@]2(CCc2ccccc2)C1. The van der Waals surface area contributed by atoms with Crippen LogP contribution in [-0.4, -0.2) is 81.8 Å². The highest BCUT2D eigenvalue weighted by molar-refractivity contribution is 7.86. The van der Waals surface area contributed by atoms with Crippen LogP contribution in [0, 0.1) is 11.3 Å². The van der Waals surface area contributed by atoms with Crippen molar-refractivity contribution in [2.24, 2.45) is 11.3 Å². The van der Waals surface area contributed by atoms with E-state index in [9.17, 15) is 13.2 Å². The molecule has 0 spiro atoms. The molecular weight excluding hydrogens is 366 g/mol. The summed E-state index contributed by atoms with van der Waals surface area (Å²) in [6.45, 7) is 2.72. The van der Waals surface area contributed by atoms with Gasteiger partial charge in [0.25, 0.3) is 10.2 Å². The number of ether oxygens (including phenoxy) is 1. The maximum Gasteiger partial charge on any atom is 0.319 e. The summed E-state index contributed by atoms with van der Waals surface area (Å²) in [4.78, 5) is 13.8. The molecule has 0 bridgehead atoms. The van der Waals surface area contributed by atoms with Crippen molar-refractivity contribution in [2.45, 2.75) is 12.8 Å². The molecule has 0 aliphatic carbocycles. The van der Waals surface area contributed by atoms with Crippen molar-refractivity contribution < 1.29 is 17.9 Å². The lowest BCUT2D eigenvalue weighted by Crippen LogP contribution is -2.42. The molecular formula is C19H29N3O4S. The van der Waals surface area contributed by atoms with Crippen LogP contribution in [0.15, 0.2) is 30.3 Å².